The van der Waals surface area contributed by atoms with Gasteiger partial charge in [-0.25, -0.2) is 4.98 Å². The van der Waals surface area contributed by atoms with Crippen LogP contribution in [0.25, 0.3) is 10.9 Å². The molecule has 0 amide bonds. The first-order valence-corrected chi connectivity index (χ1v) is 6.60. The van der Waals surface area contributed by atoms with Crippen molar-refractivity contribution in [2.24, 2.45) is 0 Å². The summed E-state index contributed by atoms with van der Waals surface area (Å²) in [6.45, 7) is 2.25. The third kappa shape index (κ3) is 3.34. The van der Waals surface area contributed by atoms with Gasteiger partial charge in [0.25, 0.3) is 11.2 Å². The van der Waals surface area contributed by atoms with Crippen molar-refractivity contribution in [1.29, 1.82) is 0 Å². The minimum absolute atomic E-state index is 0.170. The number of aliphatic hydroxyl groups excluding tert-OH is 1. The molecule has 2 rings (SSSR count). The van der Waals surface area contributed by atoms with Crippen molar-refractivity contribution in [2.75, 3.05) is 11.9 Å². The van der Waals surface area contributed by atoms with Crippen molar-refractivity contribution in [3.8, 4) is 0 Å². The van der Waals surface area contributed by atoms with Gasteiger partial charge in [-0.1, -0.05) is 6.92 Å². The number of nitro benzene ring substituents is 1. The van der Waals surface area contributed by atoms with Crippen molar-refractivity contribution in [1.82, 2.24) is 9.97 Å². The molecule has 21 heavy (non-hydrogen) atoms. The second-order valence-corrected chi connectivity index (χ2v) is 4.65. The zero-order valence-corrected chi connectivity index (χ0v) is 11.5. The molecule has 2 aromatic rings. The Morgan fingerprint density at radius 3 is 2.95 bits per heavy atom. The van der Waals surface area contributed by atoms with Crippen LogP contribution in [0, 0.1) is 10.1 Å². The molecule has 8 heteroatoms. The van der Waals surface area contributed by atoms with Gasteiger partial charge in [0.15, 0.2) is 0 Å². The van der Waals surface area contributed by atoms with E-state index < -0.39 is 16.6 Å². The summed E-state index contributed by atoms with van der Waals surface area (Å²) in [6, 6.07) is 2.68. The highest BCUT2D eigenvalue weighted by Gasteiger charge is 2.17. The van der Waals surface area contributed by atoms with Crippen LogP contribution in [-0.2, 0) is 0 Å². The first kappa shape index (κ1) is 14.9. The number of rotatable bonds is 6. The quantitative estimate of drug-likeness (QED) is 0.546. The standard InChI is InChI=1S/C13H16N4O4/c1-2-8(18)3-4-14-11-6-10-9(5-12(11)17(20)21)13(19)16-7-15-10/h5-8,14,18H,2-4H2,1H3,(H,15,16,19). The highest BCUT2D eigenvalue weighted by Crippen LogP contribution is 2.27. The van der Waals surface area contributed by atoms with Gasteiger partial charge in [-0.3, -0.25) is 14.9 Å². The molecule has 1 unspecified atom stereocenters. The number of anilines is 1. The van der Waals surface area contributed by atoms with Gasteiger partial charge in [-0.15, -0.1) is 0 Å². The van der Waals surface area contributed by atoms with Crippen molar-refractivity contribution in [3.63, 3.8) is 0 Å². The lowest BCUT2D eigenvalue weighted by Crippen LogP contribution is -2.13. The van der Waals surface area contributed by atoms with Gasteiger partial charge in [-0.2, -0.15) is 0 Å². The number of benzene rings is 1. The summed E-state index contributed by atoms with van der Waals surface area (Å²) in [5.41, 5.74) is 0.0554. The topological polar surface area (TPSA) is 121 Å². The Morgan fingerprint density at radius 2 is 2.29 bits per heavy atom. The maximum Gasteiger partial charge on any atom is 0.293 e. The van der Waals surface area contributed by atoms with Crippen molar-refractivity contribution >= 4 is 22.3 Å². The predicted molar refractivity (Wildman–Crippen MR) is 78.4 cm³/mol. The maximum atomic E-state index is 11.6. The van der Waals surface area contributed by atoms with Crippen LogP contribution < -0.4 is 10.9 Å². The summed E-state index contributed by atoms with van der Waals surface area (Å²) in [6.07, 6.45) is 1.91. The monoisotopic (exact) mass is 292 g/mol. The predicted octanol–water partition coefficient (Wildman–Crippen LogP) is 1.40. The maximum absolute atomic E-state index is 11.6. The van der Waals surface area contributed by atoms with Gasteiger partial charge in [-0.05, 0) is 18.9 Å². The van der Waals surface area contributed by atoms with E-state index in [1.54, 1.807) is 0 Å². The Labute approximate surface area is 120 Å². The smallest absolute Gasteiger partial charge is 0.293 e. The lowest BCUT2D eigenvalue weighted by molar-refractivity contribution is -0.383. The van der Waals surface area contributed by atoms with Gasteiger partial charge >= 0.3 is 0 Å². The zero-order valence-electron chi connectivity index (χ0n) is 11.5. The Kier molecular flexibility index (Phi) is 4.49. The van der Waals surface area contributed by atoms with Crippen molar-refractivity contribution in [3.05, 3.63) is 38.9 Å². The average molecular weight is 292 g/mol. The normalized spacial score (nSPS) is 12.3. The number of nitrogens with one attached hydrogen (secondary N) is 2. The van der Waals surface area contributed by atoms with Crippen LogP contribution in [0.15, 0.2) is 23.3 Å². The van der Waals surface area contributed by atoms with Crippen LogP contribution in [0.4, 0.5) is 11.4 Å². The summed E-state index contributed by atoms with van der Waals surface area (Å²) in [5.74, 6) is 0. The van der Waals surface area contributed by atoms with Crippen LogP contribution in [0.5, 0.6) is 0 Å². The molecule has 0 saturated heterocycles. The second-order valence-electron chi connectivity index (χ2n) is 4.65. The van der Waals surface area contributed by atoms with Crippen LogP contribution in [0.2, 0.25) is 0 Å². The molecule has 1 atom stereocenters. The molecular weight excluding hydrogens is 276 g/mol. The number of H-pyrrole nitrogens is 1. The molecule has 0 bridgehead atoms. The van der Waals surface area contributed by atoms with E-state index in [-0.39, 0.29) is 16.8 Å². The first-order chi connectivity index (χ1) is 10.0. The van der Waals surface area contributed by atoms with Gasteiger partial charge in [0.2, 0.25) is 0 Å². The number of nitro groups is 1. The number of aromatic nitrogens is 2. The molecule has 1 heterocycles. The molecule has 112 valence electrons. The van der Waals surface area contributed by atoms with E-state index in [0.717, 1.165) is 0 Å². The molecule has 8 nitrogen and oxygen atoms in total. The molecule has 0 spiro atoms. The summed E-state index contributed by atoms with van der Waals surface area (Å²) >= 11 is 0. The summed E-state index contributed by atoms with van der Waals surface area (Å²) in [5, 5.41) is 23.7. The number of aromatic amines is 1. The van der Waals surface area contributed by atoms with Crippen LogP contribution in [-0.4, -0.2) is 32.6 Å². The van der Waals surface area contributed by atoms with E-state index in [1.807, 2.05) is 6.92 Å². The fourth-order valence-electron chi connectivity index (χ4n) is 1.97. The average Bonchev–Trinajstić information content (AvgIpc) is 2.46. The van der Waals surface area contributed by atoms with E-state index in [2.05, 4.69) is 15.3 Å². The van der Waals surface area contributed by atoms with Gasteiger partial charge in [0, 0.05) is 12.6 Å². The zero-order chi connectivity index (χ0) is 15.4. The lowest BCUT2D eigenvalue weighted by Gasteiger charge is -2.10. The highest BCUT2D eigenvalue weighted by atomic mass is 16.6. The molecular formula is C13H16N4O4. The Bertz CT molecular complexity index is 713. The van der Waals surface area contributed by atoms with E-state index >= 15 is 0 Å². The van der Waals surface area contributed by atoms with Crippen molar-refractivity contribution < 1.29 is 10.0 Å². The SMILES string of the molecule is CCC(O)CCNc1cc2nc[nH]c(=O)c2cc1[N+](=O)[O-]. The third-order valence-electron chi connectivity index (χ3n) is 3.22. The number of aliphatic hydroxyl groups is 1. The Morgan fingerprint density at radius 1 is 1.52 bits per heavy atom. The summed E-state index contributed by atoms with van der Waals surface area (Å²) < 4.78 is 0. The molecule has 3 N–H and O–H groups in total. The third-order valence-corrected chi connectivity index (χ3v) is 3.22. The highest BCUT2D eigenvalue weighted by molar-refractivity contribution is 5.86. The molecule has 1 aromatic carbocycles. The molecule has 0 aliphatic carbocycles. The van der Waals surface area contributed by atoms with Crippen LogP contribution in [0.3, 0.4) is 0 Å². The minimum Gasteiger partial charge on any atom is -0.393 e. The molecule has 0 fully saturated rings. The van der Waals surface area contributed by atoms with E-state index in [4.69, 9.17) is 0 Å². The molecule has 0 aliphatic heterocycles. The number of nitrogens with zero attached hydrogens (tertiary/aromatic N) is 2. The first-order valence-electron chi connectivity index (χ1n) is 6.60. The summed E-state index contributed by atoms with van der Waals surface area (Å²) in [7, 11) is 0. The van der Waals surface area contributed by atoms with Gasteiger partial charge in [0.05, 0.1) is 28.3 Å². The fourth-order valence-corrected chi connectivity index (χ4v) is 1.97. The van der Waals surface area contributed by atoms with Gasteiger partial charge in [0.1, 0.15) is 5.69 Å². The lowest BCUT2D eigenvalue weighted by atomic mass is 10.1. The second kappa shape index (κ2) is 6.31. The molecule has 0 aliphatic rings. The Balaban J connectivity index is 2.35. The van der Waals surface area contributed by atoms with E-state index in [9.17, 15) is 20.0 Å². The van der Waals surface area contributed by atoms with Crippen LogP contribution >= 0.6 is 0 Å². The minimum atomic E-state index is -0.551. The number of fused-ring (bicyclic) bond motifs is 1. The van der Waals surface area contributed by atoms with E-state index in [0.29, 0.717) is 24.9 Å². The van der Waals surface area contributed by atoms with Crippen LogP contribution in [0.1, 0.15) is 19.8 Å². The summed E-state index contributed by atoms with van der Waals surface area (Å²) in [4.78, 5) is 28.6. The molecule has 0 radical (unpaired) electrons. The number of hydrogen-bond acceptors (Lipinski definition) is 6. The van der Waals surface area contributed by atoms with E-state index in [1.165, 1.54) is 18.5 Å². The fraction of sp³-hybridized carbons (Fsp3) is 0.385. The molecule has 1 aromatic heterocycles. The van der Waals surface area contributed by atoms with Gasteiger partial charge < -0.3 is 15.4 Å². The Hall–Kier alpha value is -2.48. The largest absolute Gasteiger partial charge is 0.393 e. The number of hydrogen-bond donors (Lipinski definition) is 3. The van der Waals surface area contributed by atoms with Crippen molar-refractivity contribution in [2.45, 2.75) is 25.9 Å². The molecule has 0 saturated carbocycles.